The number of hydrogen-bond donors (Lipinski definition) is 0. The first kappa shape index (κ1) is 21.7. The SMILES string of the molecule is [2H]c1c([2H])c([2H])c(-c2c3ccccc3c(-c3cc(-c4ccccc4)cc4oc5ccccc5c34)c3ccccc23)c(-c2ccccc2)c1[2H]. The second-order valence-corrected chi connectivity index (χ2v) is 11.3. The molecule has 1 aromatic heterocycles. The molecule has 1 heteroatoms. The minimum atomic E-state index is -0.251. The molecule has 0 N–H and O–H groups in total. The molecule has 9 rings (SSSR count). The maximum Gasteiger partial charge on any atom is 0.136 e. The number of benzene rings is 8. The highest BCUT2D eigenvalue weighted by Crippen LogP contribution is 2.49. The minimum Gasteiger partial charge on any atom is -0.456 e. The molecule has 0 atom stereocenters. The molecule has 0 aliphatic carbocycles. The number of hydrogen-bond acceptors (Lipinski definition) is 1. The van der Waals surface area contributed by atoms with Gasteiger partial charge in [-0.1, -0.05) is 152 Å². The molecule has 1 heterocycles. The van der Waals surface area contributed by atoms with E-state index in [1.165, 1.54) is 0 Å². The van der Waals surface area contributed by atoms with E-state index in [-0.39, 0.29) is 24.2 Å². The number of para-hydroxylation sites is 1. The van der Waals surface area contributed by atoms with Crippen LogP contribution >= 0.6 is 0 Å². The van der Waals surface area contributed by atoms with Crippen molar-refractivity contribution in [1.82, 2.24) is 0 Å². The summed E-state index contributed by atoms with van der Waals surface area (Å²) < 4.78 is 42.4. The summed E-state index contributed by atoms with van der Waals surface area (Å²) >= 11 is 0. The van der Waals surface area contributed by atoms with Gasteiger partial charge in [0.15, 0.2) is 0 Å². The standard InChI is InChI=1S/C44H28O/c1-3-15-29(16-4-1)31-27-39(44-38-25-13-14-26-40(38)45-41(44)28-31)43-36-23-11-9-21-34(36)42(35-22-10-12-24-37(35)43)33-20-8-7-19-32(33)30-17-5-2-6-18-30/h1-28H/i7D,8D,19D,20D. The number of rotatable bonds is 4. The van der Waals surface area contributed by atoms with E-state index >= 15 is 0 Å². The lowest BCUT2D eigenvalue weighted by Crippen LogP contribution is -1.93. The third-order valence-electron chi connectivity index (χ3n) is 8.79. The van der Waals surface area contributed by atoms with Crippen molar-refractivity contribution < 1.29 is 9.90 Å². The summed E-state index contributed by atoms with van der Waals surface area (Å²) in [6, 6.07) is 48.3. The molecule has 0 unspecified atom stereocenters. The maximum atomic E-state index is 9.33. The first-order valence-electron chi connectivity index (χ1n) is 17.1. The second-order valence-electron chi connectivity index (χ2n) is 11.3. The average Bonchev–Trinajstić information content (AvgIpc) is 3.54. The van der Waals surface area contributed by atoms with Gasteiger partial charge in [-0.3, -0.25) is 0 Å². The third kappa shape index (κ3) is 4.09. The van der Waals surface area contributed by atoms with Gasteiger partial charge in [0.25, 0.3) is 0 Å². The van der Waals surface area contributed by atoms with Crippen LogP contribution in [-0.2, 0) is 0 Å². The van der Waals surface area contributed by atoms with Crippen molar-refractivity contribution in [2.45, 2.75) is 0 Å². The second kappa shape index (κ2) is 10.4. The minimum absolute atomic E-state index is 0.0541. The van der Waals surface area contributed by atoms with Gasteiger partial charge in [-0.25, -0.2) is 0 Å². The number of fused-ring (bicyclic) bond motifs is 5. The van der Waals surface area contributed by atoms with Gasteiger partial charge in [0.05, 0.1) is 5.48 Å². The Morgan fingerprint density at radius 1 is 0.378 bits per heavy atom. The lowest BCUT2D eigenvalue weighted by atomic mass is 9.82. The zero-order valence-electron chi connectivity index (χ0n) is 28.3. The molecule has 0 saturated heterocycles. The molecule has 0 saturated carbocycles. The Balaban J connectivity index is 1.48. The van der Waals surface area contributed by atoms with E-state index in [0.29, 0.717) is 11.1 Å². The molecule has 0 aliphatic heterocycles. The van der Waals surface area contributed by atoms with Crippen LogP contribution in [0.4, 0.5) is 0 Å². The Morgan fingerprint density at radius 3 is 1.49 bits per heavy atom. The van der Waals surface area contributed by atoms with Crippen LogP contribution in [0.15, 0.2) is 174 Å². The van der Waals surface area contributed by atoms with Gasteiger partial charge < -0.3 is 4.42 Å². The molecule has 0 amide bonds. The highest BCUT2D eigenvalue weighted by Gasteiger charge is 2.22. The van der Waals surface area contributed by atoms with E-state index < -0.39 is 0 Å². The number of furan rings is 1. The zero-order valence-corrected chi connectivity index (χ0v) is 24.3. The molecule has 210 valence electrons. The zero-order chi connectivity index (χ0) is 33.2. The summed E-state index contributed by atoms with van der Waals surface area (Å²) in [5.74, 6) is 0. The fraction of sp³-hybridized carbons (Fsp3) is 0. The van der Waals surface area contributed by atoms with Crippen LogP contribution in [0.2, 0.25) is 0 Å². The molecule has 9 aromatic rings. The molecule has 1 nitrogen and oxygen atoms in total. The summed E-state index contributed by atoms with van der Waals surface area (Å²) in [7, 11) is 0. The summed E-state index contributed by atoms with van der Waals surface area (Å²) in [5.41, 5.74) is 8.35. The lowest BCUT2D eigenvalue weighted by Gasteiger charge is -2.20. The van der Waals surface area contributed by atoms with Crippen LogP contribution in [0.3, 0.4) is 0 Å². The van der Waals surface area contributed by atoms with E-state index in [4.69, 9.17) is 8.53 Å². The van der Waals surface area contributed by atoms with E-state index in [1.54, 1.807) is 0 Å². The van der Waals surface area contributed by atoms with Crippen molar-refractivity contribution in [3.8, 4) is 44.5 Å². The molecule has 45 heavy (non-hydrogen) atoms. The van der Waals surface area contributed by atoms with Crippen LogP contribution < -0.4 is 0 Å². The topological polar surface area (TPSA) is 13.1 Å². The Morgan fingerprint density at radius 2 is 0.867 bits per heavy atom. The monoisotopic (exact) mass is 576 g/mol. The molecular weight excluding hydrogens is 544 g/mol. The van der Waals surface area contributed by atoms with Gasteiger partial charge in [-0.2, -0.15) is 0 Å². The smallest absolute Gasteiger partial charge is 0.136 e. The van der Waals surface area contributed by atoms with Crippen molar-refractivity contribution in [3.05, 3.63) is 170 Å². The first-order valence-corrected chi connectivity index (χ1v) is 15.1. The highest BCUT2D eigenvalue weighted by atomic mass is 16.3. The van der Waals surface area contributed by atoms with Crippen molar-refractivity contribution >= 4 is 43.5 Å². The van der Waals surface area contributed by atoms with Crippen LogP contribution in [0, 0.1) is 0 Å². The van der Waals surface area contributed by atoms with Gasteiger partial charge in [0.2, 0.25) is 0 Å². The van der Waals surface area contributed by atoms with Gasteiger partial charge in [-0.05, 0) is 84.3 Å². The van der Waals surface area contributed by atoms with Crippen molar-refractivity contribution in [2.24, 2.45) is 0 Å². The summed E-state index contributed by atoms with van der Waals surface area (Å²) in [4.78, 5) is 0. The molecule has 8 aromatic carbocycles. The lowest BCUT2D eigenvalue weighted by molar-refractivity contribution is 0.669. The van der Waals surface area contributed by atoms with E-state index in [2.05, 4.69) is 54.6 Å². The largest absolute Gasteiger partial charge is 0.456 e. The van der Waals surface area contributed by atoms with Crippen molar-refractivity contribution in [3.63, 3.8) is 0 Å². The highest BCUT2D eigenvalue weighted by molar-refractivity contribution is 6.26. The van der Waals surface area contributed by atoms with Crippen LogP contribution in [0.1, 0.15) is 5.48 Å². The first-order chi connectivity index (χ1) is 24.0. The van der Waals surface area contributed by atoms with Crippen LogP contribution in [-0.4, -0.2) is 0 Å². The Labute approximate surface area is 267 Å². The molecular formula is C44H28O. The fourth-order valence-electron chi connectivity index (χ4n) is 6.86. The summed E-state index contributed by atoms with van der Waals surface area (Å²) in [5, 5.41) is 5.85. The Bertz CT molecular complexity index is 2690. The maximum absolute atomic E-state index is 9.33. The van der Waals surface area contributed by atoms with Crippen LogP contribution in [0.5, 0.6) is 0 Å². The molecule has 0 radical (unpaired) electrons. The molecule has 0 aliphatic rings. The van der Waals surface area contributed by atoms with Gasteiger partial charge in [-0.15, -0.1) is 0 Å². The molecule has 0 spiro atoms. The predicted molar refractivity (Wildman–Crippen MR) is 190 cm³/mol. The average molecular weight is 577 g/mol. The van der Waals surface area contributed by atoms with E-state index in [0.717, 1.165) is 76.9 Å². The third-order valence-corrected chi connectivity index (χ3v) is 8.79. The molecule has 0 bridgehead atoms. The molecule has 0 fully saturated rings. The van der Waals surface area contributed by atoms with E-state index in [1.807, 2.05) is 91.0 Å². The van der Waals surface area contributed by atoms with Gasteiger partial charge in [0, 0.05) is 10.8 Å². The predicted octanol–water partition coefficient (Wildman–Crippen LogP) is 12.6. The normalized spacial score (nSPS) is 12.8. The van der Waals surface area contributed by atoms with E-state index in [9.17, 15) is 1.37 Å². The Kier molecular flexibility index (Phi) is 5.00. The quantitative estimate of drug-likeness (QED) is 0.190. The fourth-order valence-corrected chi connectivity index (χ4v) is 6.86. The van der Waals surface area contributed by atoms with Gasteiger partial charge in [0.1, 0.15) is 11.2 Å². The van der Waals surface area contributed by atoms with Crippen molar-refractivity contribution in [2.75, 3.05) is 0 Å². The van der Waals surface area contributed by atoms with Crippen LogP contribution in [0.25, 0.3) is 88.0 Å². The van der Waals surface area contributed by atoms with Crippen molar-refractivity contribution in [1.29, 1.82) is 0 Å². The summed E-state index contributed by atoms with van der Waals surface area (Å²) in [6.07, 6.45) is 0. The Hall–Kier alpha value is -5.92. The summed E-state index contributed by atoms with van der Waals surface area (Å²) in [6.45, 7) is 0. The van der Waals surface area contributed by atoms with Gasteiger partial charge >= 0.3 is 0 Å².